The van der Waals surface area contributed by atoms with E-state index in [9.17, 15) is 0 Å². The van der Waals surface area contributed by atoms with Crippen molar-refractivity contribution in [1.29, 1.82) is 0 Å². The van der Waals surface area contributed by atoms with Crippen LogP contribution >= 0.6 is 34.8 Å². The number of hydrogen-bond donors (Lipinski definition) is 1. The molecule has 0 fully saturated rings. The van der Waals surface area contributed by atoms with E-state index < -0.39 is 0 Å². The lowest BCUT2D eigenvalue weighted by Crippen LogP contribution is -2.01. The molecule has 0 aliphatic rings. The standard InChI is InChI=1S/C15H14Cl3NO/c1-9-4-10(7-19)2-3-11(9)8-20-15-6-13(17)12(16)5-14(15)18/h2-6H,7-8,19H2,1H3. The molecule has 2 aromatic carbocycles. The Bertz CT molecular complexity index is 629. The van der Waals surface area contributed by atoms with Gasteiger partial charge in [0.05, 0.1) is 15.1 Å². The molecule has 0 saturated carbocycles. The Labute approximate surface area is 133 Å². The van der Waals surface area contributed by atoms with Gasteiger partial charge in [-0.15, -0.1) is 0 Å². The van der Waals surface area contributed by atoms with Gasteiger partial charge in [-0.2, -0.15) is 0 Å². The maximum Gasteiger partial charge on any atom is 0.139 e. The monoisotopic (exact) mass is 329 g/mol. The van der Waals surface area contributed by atoms with Gasteiger partial charge in [0, 0.05) is 12.6 Å². The molecule has 0 aliphatic heterocycles. The Balaban J connectivity index is 2.15. The van der Waals surface area contributed by atoms with Crippen LogP contribution in [0.5, 0.6) is 5.75 Å². The summed E-state index contributed by atoms with van der Waals surface area (Å²) >= 11 is 17.9. The third kappa shape index (κ3) is 3.58. The van der Waals surface area contributed by atoms with Crippen molar-refractivity contribution in [3.05, 3.63) is 62.1 Å². The molecule has 0 heterocycles. The smallest absolute Gasteiger partial charge is 0.139 e. The van der Waals surface area contributed by atoms with Crippen molar-refractivity contribution in [1.82, 2.24) is 0 Å². The zero-order chi connectivity index (χ0) is 14.7. The molecule has 0 atom stereocenters. The highest BCUT2D eigenvalue weighted by Gasteiger charge is 2.08. The predicted octanol–water partition coefficient (Wildman–Crippen LogP) is 4.99. The van der Waals surface area contributed by atoms with Gasteiger partial charge in [-0.05, 0) is 29.7 Å². The second-order valence-electron chi connectivity index (χ2n) is 4.45. The van der Waals surface area contributed by atoms with Crippen molar-refractivity contribution in [2.75, 3.05) is 0 Å². The van der Waals surface area contributed by atoms with E-state index in [1.54, 1.807) is 12.1 Å². The molecule has 20 heavy (non-hydrogen) atoms. The van der Waals surface area contributed by atoms with Crippen LogP contribution in [0.25, 0.3) is 0 Å². The van der Waals surface area contributed by atoms with E-state index in [4.69, 9.17) is 45.3 Å². The molecule has 0 spiro atoms. The van der Waals surface area contributed by atoms with Crippen LogP contribution in [0.1, 0.15) is 16.7 Å². The molecule has 2 aromatic rings. The summed E-state index contributed by atoms with van der Waals surface area (Å²) in [4.78, 5) is 0. The van der Waals surface area contributed by atoms with E-state index >= 15 is 0 Å². The highest BCUT2D eigenvalue weighted by molar-refractivity contribution is 6.43. The average molecular weight is 331 g/mol. The van der Waals surface area contributed by atoms with E-state index in [0.717, 1.165) is 16.7 Å². The first-order valence-electron chi connectivity index (χ1n) is 6.07. The maximum atomic E-state index is 6.07. The van der Waals surface area contributed by atoms with Crippen LogP contribution in [-0.2, 0) is 13.2 Å². The first-order valence-corrected chi connectivity index (χ1v) is 7.20. The molecule has 0 aliphatic carbocycles. The third-order valence-corrected chi connectivity index (χ3v) is 4.02. The fraction of sp³-hybridized carbons (Fsp3) is 0.200. The van der Waals surface area contributed by atoms with Gasteiger partial charge in [-0.1, -0.05) is 53.0 Å². The maximum absolute atomic E-state index is 6.07. The van der Waals surface area contributed by atoms with Crippen LogP contribution in [0.4, 0.5) is 0 Å². The van der Waals surface area contributed by atoms with Gasteiger partial charge in [-0.25, -0.2) is 0 Å². The highest BCUT2D eigenvalue weighted by Crippen LogP contribution is 2.34. The molecule has 0 unspecified atom stereocenters. The van der Waals surface area contributed by atoms with Crippen LogP contribution in [0, 0.1) is 6.92 Å². The second kappa shape index (κ2) is 6.68. The molecule has 2 N–H and O–H groups in total. The fourth-order valence-corrected chi connectivity index (χ4v) is 2.41. The minimum Gasteiger partial charge on any atom is -0.487 e. The van der Waals surface area contributed by atoms with E-state index in [1.807, 2.05) is 19.1 Å². The Morgan fingerprint density at radius 1 is 1.00 bits per heavy atom. The largest absolute Gasteiger partial charge is 0.487 e. The van der Waals surface area contributed by atoms with Crippen LogP contribution < -0.4 is 10.5 Å². The van der Waals surface area contributed by atoms with Crippen molar-refractivity contribution < 1.29 is 4.74 Å². The first-order chi connectivity index (χ1) is 9.51. The number of ether oxygens (including phenoxy) is 1. The van der Waals surface area contributed by atoms with Gasteiger partial charge >= 0.3 is 0 Å². The van der Waals surface area contributed by atoms with Crippen molar-refractivity contribution in [3.8, 4) is 5.75 Å². The van der Waals surface area contributed by atoms with E-state index in [1.165, 1.54) is 0 Å². The lowest BCUT2D eigenvalue weighted by Gasteiger charge is -2.12. The molecule has 0 saturated heterocycles. The van der Waals surface area contributed by atoms with Gasteiger partial charge in [0.1, 0.15) is 12.4 Å². The molecule has 0 amide bonds. The van der Waals surface area contributed by atoms with E-state index in [2.05, 4.69) is 6.07 Å². The van der Waals surface area contributed by atoms with Gasteiger partial charge in [0.15, 0.2) is 0 Å². The summed E-state index contributed by atoms with van der Waals surface area (Å²) in [5, 5.41) is 1.27. The SMILES string of the molecule is Cc1cc(CN)ccc1COc1cc(Cl)c(Cl)cc1Cl. The summed E-state index contributed by atoms with van der Waals surface area (Å²) < 4.78 is 5.71. The number of hydrogen-bond acceptors (Lipinski definition) is 2. The van der Waals surface area contributed by atoms with Gasteiger partial charge in [0.2, 0.25) is 0 Å². The molecular weight excluding hydrogens is 317 g/mol. The van der Waals surface area contributed by atoms with E-state index in [-0.39, 0.29) is 0 Å². The minimum atomic E-state index is 0.410. The summed E-state index contributed by atoms with van der Waals surface area (Å²) in [6.45, 7) is 2.96. The molecule has 0 radical (unpaired) electrons. The van der Waals surface area contributed by atoms with Crippen molar-refractivity contribution in [2.24, 2.45) is 5.73 Å². The Hall–Kier alpha value is -0.930. The average Bonchev–Trinajstić information content (AvgIpc) is 2.42. The molecule has 5 heteroatoms. The minimum absolute atomic E-state index is 0.410. The lowest BCUT2D eigenvalue weighted by atomic mass is 10.1. The summed E-state index contributed by atoms with van der Waals surface area (Å²) in [5.41, 5.74) is 8.91. The van der Waals surface area contributed by atoms with Crippen molar-refractivity contribution in [2.45, 2.75) is 20.1 Å². The molecule has 0 aromatic heterocycles. The first kappa shape index (κ1) is 15.5. The zero-order valence-corrected chi connectivity index (χ0v) is 13.2. The molecule has 2 rings (SSSR count). The summed E-state index contributed by atoms with van der Waals surface area (Å²) in [7, 11) is 0. The molecule has 0 bridgehead atoms. The van der Waals surface area contributed by atoms with Gasteiger partial charge in [0.25, 0.3) is 0 Å². The fourth-order valence-electron chi connectivity index (χ4n) is 1.82. The lowest BCUT2D eigenvalue weighted by molar-refractivity contribution is 0.305. The number of nitrogens with two attached hydrogens (primary N) is 1. The molecule has 2 nitrogen and oxygen atoms in total. The predicted molar refractivity (Wildman–Crippen MR) is 84.9 cm³/mol. The second-order valence-corrected chi connectivity index (χ2v) is 5.67. The summed E-state index contributed by atoms with van der Waals surface area (Å²) in [6.07, 6.45) is 0. The zero-order valence-electron chi connectivity index (χ0n) is 10.9. The number of aryl methyl sites for hydroxylation is 1. The quantitative estimate of drug-likeness (QED) is 0.801. The third-order valence-electron chi connectivity index (χ3n) is 3.00. The van der Waals surface area contributed by atoms with Crippen molar-refractivity contribution in [3.63, 3.8) is 0 Å². The number of rotatable bonds is 4. The Kier molecular flexibility index (Phi) is 5.17. The topological polar surface area (TPSA) is 35.2 Å². The van der Waals surface area contributed by atoms with Gasteiger partial charge < -0.3 is 10.5 Å². The molecular formula is C15H14Cl3NO. The number of halogens is 3. The highest BCUT2D eigenvalue weighted by atomic mass is 35.5. The van der Waals surface area contributed by atoms with E-state index in [0.29, 0.717) is 34.0 Å². The summed E-state index contributed by atoms with van der Waals surface area (Å²) in [6, 6.07) is 9.24. The Morgan fingerprint density at radius 3 is 2.35 bits per heavy atom. The summed E-state index contributed by atoms with van der Waals surface area (Å²) in [5.74, 6) is 0.517. The van der Waals surface area contributed by atoms with Crippen molar-refractivity contribution >= 4 is 34.8 Å². The molecule has 106 valence electrons. The van der Waals surface area contributed by atoms with Crippen LogP contribution in [0.3, 0.4) is 0 Å². The van der Waals surface area contributed by atoms with Crippen LogP contribution in [0.15, 0.2) is 30.3 Å². The Morgan fingerprint density at radius 2 is 1.70 bits per heavy atom. The van der Waals surface area contributed by atoms with Crippen LogP contribution in [0.2, 0.25) is 15.1 Å². The van der Waals surface area contributed by atoms with Gasteiger partial charge in [-0.3, -0.25) is 0 Å². The number of benzene rings is 2. The van der Waals surface area contributed by atoms with Crippen LogP contribution in [-0.4, -0.2) is 0 Å². The normalized spacial score (nSPS) is 10.7.